The van der Waals surface area contributed by atoms with Gasteiger partial charge in [-0.25, -0.2) is 4.39 Å². The van der Waals surface area contributed by atoms with E-state index in [-0.39, 0.29) is 48.0 Å². The van der Waals surface area contributed by atoms with Crippen molar-refractivity contribution in [2.75, 3.05) is 31.7 Å². The van der Waals surface area contributed by atoms with E-state index in [1.165, 1.54) is 0 Å². The van der Waals surface area contributed by atoms with Gasteiger partial charge in [-0.2, -0.15) is 0 Å². The molecule has 0 aliphatic carbocycles. The molecule has 1 N–H and O–H groups in total. The summed E-state index contributed by atoms with van der Waals surface area (Å²) in [5, 5.41) is 8.55. The molecule has 0 radical (unpaired) electrons. The van der Waals surface area contributed by atoms with Crippen molar-refractivity contribution in [3.05, 3.63) is 52.3 Å². The number of fused-ring (bicyclic) bond motifs is 2. The average Bonchev–Trinajstić information content (AvgIpc) is 3.17. The first-order valence-corrected chi connectivity index (χ1v) is 11.5. The molecule has 0 amide bonds. The van der Waals surface area contributed by atoms with Gasteiger partial charge in [-0.1, -0.05) is 13.8 Å². The molecule has 2 aromatic rings. The van der Waals surface area contributed by atoms with Gasteiger partial charge in [0.1, 0.15) is 5.84 Å². The molecule has 2 heterocycles. The third-order valence-corrected chi connectivity index (χ3v) is 7.12. The number of anilines is 1. The van der Waals surface area contributed by atoms with Crippen LogP contribution in [-0.2, 0) is 12.0 Å². The number of likely N-dealkylation sites (N-methyl/N-ethyl adjacent to an activating group) is 1. The lowest BCUT2D eigenvalue weighted by atomic mass is 9.80. The van der Waals surface area contributed by atoms with E-state index in [9.17, 15) is 4.79 Å². The van der Waals surface area contributed by atoms with Gasteiger partial charge in [0.15, 0.2) is 23.1 Å². The first-order chi connectivity index (χ1) is 15.6. The second kappa shape index (κ2) is 8.36. The van der Waals surface area contributed by atoms with Crippen molar-refractivity contribution in [1.29, 1.82) is 5.41 Å². The van der Waals surface area contributed by atoms with Crippen molar-refractivity contribution in [3.8, 4) is 11.5 Å². The van der Waals surface area contributed by atoms with E-state index < -0.39 is 5.82 Å². The summed E-state index contributed by atoms with van der Waals surface area (Å²) in [4.78, 5) is 17.0. The molecule has 176 valence electrons. The van der Waals surface area contributed by atoms with Crippen LogP contribution in [0.5, 0.6) is 11.5 Å². The third kappa shape index (κ3) is 3.63. The lowest BCUT2D eigenvalue weighted by Crippen LogP contribution is -2.36. The van der Waals surface area contributed by atoms with Crippen LogP contribution < -0.4 is 14.4 Å². The number of nitrogens with zero attached hydrogens (tertiary/aromatic N) is 2. The highest BCUT2D eigenvalue weighted by atomic mass is 19.1. The van der Waals surface area contributed by atoms with Gasteiger partial charge in [0.2, 0.25) is 0 Å². The second-order valence-corrected chi connectivity index (χ2v) is 9.29. The number of rotatable bonds is 7. The zero-order valence-electron chi connectivity index (χ0n) is 20.2. The Balaban J connectivity index is 1.59. The predicted octanol–water partition coefficient (Wildman–Crippen LogP) is 4.76. The van der Waals surface area contributed by atoms with E-state index in [0.717, 1.165) is 11.3 Å². The smallest absolute Gasteiger partial charge is 0.197 e. The number of hydrogen-bond acceptors (Lipinski definition) is 5. The molecule has 6 nitrogen and oxygen atoms in total. The summed E-state index contributed by atoms with van der Waals surface area (Å²) in [6.45, 7) is 11.1. The predicted molar refractivity (Wildman–Crippen MR) is 128 cm³/mol. The van der Waals surface area contributed by atoms with E-state index in [4.69, 9.17) is 14.9 Å². The minimum Gasteiger partial charge on any atom is -0.490 e. The van der Waals surface area contributed by atoms with Gasteiger partial charge in [-0.15, -0.1) is 0 Å². The van der Waals surface area contributed by atoms with Crippen LogP contribution in [0.2, 0.25) is 0 Å². The van der Waals surface area contributed by atoms with Gasteiger partial charge in [0.05, 0.1) is 25.3 Å². The molecule has 33 heavy (non-hydrogen) atoms. The fraction of sp³-hybridized carbons (Fsp3) is 0.462. The van der Waals surface area contributed by atoms with Crippen molar-refractivity contribution in [1.82, 2.24) is 4.90 Å². The normalized spacial score (nSPS) is 18.4. The van der Waals surface area contributed by atoms with Gasteiger partial charge in [0, 0.05) is 36.3 Å². The highest BCUT2D eigenvalue weighted by Gasteiger charge is 2.40. The molecule has 1 unspecified atom stereocenters. The van der Waals surface area contributed by atoms with E-state index >= 15 is 4.39 Å². The Labute approximate surface area is 194 Å². The number of Topliss-reactive ketones (excluding diaryl/α,β-unsaturated/α-hetero) is 1. The maximum absolute atomic E-state index is 15.3. The molecule has 7 heteroatoms. The number of carbonyl (C=O) groups is 1. The average molecular weight is 454 g/mol. The number of nitrogens with one attached hydrogen (secondary N) is 1. The zero-order valence-corrected chi connectivity index (χ0v) is 20.2. The fourth-order valence-electron chi connectivity index (χ4n) is 4.87. The number of halogens is 1. The molecule has 0 saturated heterocycles. The molecule has 0 fully saturated rings. The highest BCUT2D eigenvalue weighted by molar-refractivity contribution is 6.06. The first-order valence-electron chi connectivity index (χ1n) is 11.5. The van der Waals surface area contributed by atoms with E-state index in [1.807, 2.05) is 25.1 Å². The van der Waals surface area contributed by atoms with E-state index in [2.05, 4.69) is 32.7 Å². The fourth-order valence-corrected chi connectivity index (χ4v) is 4.87. The molecule has 2 aliphatic heterocycles. The number of hydrogen-bond donors (Lipinski definition) is 1. The molecule has 0 bridgehead atoms. The van der Waals surface area contributed by atoms with Crippen LogP contribution in [0.25, 0.3) is 0 Å². The van der Waals surface area contributed by atoms with Crippen LogP contribution in [0.3, 0.4) is 0 Å². The third-order valence-electron chi connectivity index (χ3n) is 7.12. The summed E-state index contributed by atoms with van der Waals surface area (Å²) in [5.41, 5.74) is 3.63. The number of ether oxygens (including phenoxy) is 2. The molecule has 4 rings (SSSR count). The van der Waals surface area contributed by atoms with Gasteiger partial charge >= 0.3 is 0 Å². The summed E-state index contributed by atoms with van der Waals surface area (Å²) >= 11 is 0. The zero-order chi connectivity index (χ0) is 24.1. The summed E-state index contributed by atoms with van der Waals surface area (Å²) in [6, 6.07) is 7.87. The van der Waals surface area contributed by atoms with Crippen LogP contribution in [0, 0.1) is 11.2 Å². The Morgan fingerprint density at radius 1 is 1.21 bits per heavy atom. The topological polar surface area (TPSA) is 65.9 Å². The van der Waals surface area contributed by atoms with E-state index in [0.29, 0.717) is 29.5 Å². The van der Waals surface area contributed by atoms with Crippen LogP contribution >= 0.6 is 0 Å². The Kier molecular flexibility index (Phi) is 5.85. The molecule has 0 aromatic heterocycles. The summed E-state index contributed by atoms with van der Waals surface area (Å²) < 4.78 is 26.3. The van der Waals surface area contributed by atoms with Gasteiger partial charge in [-0.05, 0) is 56.2 Å². The Morgan fingerprint density at radius 2 is 1.91 bits per heavy atom. The van der Waals surface area contributed by atoms with Crippen LogP contribution in [-0.4, -0.2) is 49.4 Å². The van der Waals surface area contributed by atoms with Crippen molar-refractivity contribution in [2.45, 2.75) is 52.6 Å². The van der Waals surface area contributed by atoms with Crippen LogP contribution in [0.15, 0.2) is 24.3 Å². The molecule has 0 spiro atoms. The van der Waals surface area contributed by atoms with Crippen molar-refractivity contribution in [3.63, 3.8) is 0 Å². The molecule has 2 aliphatic rings. The van der Waals surface area contributed by atoms with E-state index in [1.54, 1.807) is 17.9 Å². The second-order valence-electron chi connectivity index (χ2n) is 9.29. The molecule has 2 aromatic carbocycles. The standard InChI is InChI=1S/C26H32FN3O3/c1-7-32-21-12-17-13-30(25(28)22(17)23(27)24(21)33-8-2)14-20(31)16-9-10-19-18(11-16)26(4,5)15(3)29(19)6/h9-12,15,28H,7-8,13-14H2,1-6H3. The number of ketones is 1. The molecule has 0 saturated carbocycles. The summed E-state index contributed by atoms with van der Waals surface area (Å²) in [5.74, 6) is -0.349. The largest absolute Gasteiger partial charge is 0.490 e. The Hall–Kier alpha value is -3.09. The summed E-state index contributed by atoms with van der Waals surface area (Å²) in [6.07, 6.45) is 0. The number of benzene rings is 2. The van der Waals surface area contributed by atoms with Gasteiger partial charge in [-0.3, -0.25) is 10.2 Å². The maximum atomic E-state index is 15.3. The SMILES string of the molecule is CCOc1cc2c(c(F)c1OCC)C(=N)N(CC(=O)c1ccc3c(c1)C(C)(C)C(C)N3C)C2. The van der Waals surface area contributed by atoms with Crippen LogP contribution in [0.4, 0.5) is 10.1 Å². The first kappa shape index (κ1) is 23.1. The van der Waals surface area contributed by atoms with Crippen LogP contribution in [0.1, 0.15) is 61.7 Å². The minimum absolute atomic E-state index is 0.00491. The Bertz CT molecular complexity index is 1130. The number of carbonyl (C=O) groups excluding carboxylic acids is 1. The van der Waals surface area contributed by atoms with Crippen molar-refractivity contribution < 1.29 is 18.7 Å². The lowest BCUT2D eigenvalue weighted by Gasteiger charge is -2.28. The number of amidine groups is 1. The molecule has 1 atom stereocenters. The van der Waals surface area contributed by atoms with Crippen molar-refractivity contribution >= 4 is 17.3 Å². The summed E-state index contributed by atoms with van der Waals surface area (Å²) in [7, 11) is 2.07. The minimum atomic E-state index is -0.603. The highest BCUT2D eigenvalue weighted by Crippen LogP contribution is 2.44. The molecular weight excluding hydrogens is 421 g/mol. The van der Waals surface area contributed by atoms with Crippen molar-refractivity contribution in [2.24, 2.45) is 0 Å². The molecular formula is C26H32FN3O3. The lowest BCUT2D eigenvalue weighted by molar-refractivity contribution is 0.0962. The maximum Gasteiger partial charge on any atom is 0.197 e. The quantitative estimate of drug-likeness (QED) is 0.612. The van der Waals surface area contributed by atoms with Gasteiger partial charge in [0.25, 0.3) is 0 Å². The van der Waals surface area contributed by atoms with Gasteiger partial charge < -0.3 is 19.3 Å². The Morgan fingerprint density at radius 3 is 2.58 bits per heavy atom. The monoisotopic (exact) mass is 453 g/mol.